The number of aldehydes is 1. The van der Waals surface area contributed by atoms with E-state index in [0.717, 1.165) is 17.6 Å². The van der Waals surface area contributed by atoms with Gasteiger partial charge in [-0.25, -0.2) is 0 Å². The highest BCUT2D eigenvalue weighted by Gasteiger charge is 2.08. The number of hydrogen-bond donors (Lipinski definition) is 0. The predicted molar refractivity (Wildman–Crippen MR) is 61.6 cm³/mol. The second-order valence-electron chi connectivity index (χ2n) is 3.67. The predicted octanol–water partition coefficient (Wildman–Crippen LogP) is 3.19. The zero-order valence-electron chi connectivity index (χ0n) is 9.19. The molecule has 1 aromatic carbocycles. The van der Waals surface area contributed by atoms with Crippen LogP contribution in [0.1, 0.15) is 35.7 Å². The average Bonchev–Trinajstić information content (AvgIpc) is 2.26. The van der Waals surface area contributed by atoms with Crippen LogP contribution in [0.4, 0.5) is 0 Å². The van der Waals surface area contributed by atoms with E-state index in [0.29, 0.717) is 18.1 Å². The Hall–Kier alpha value is -1.57. The maximum Gasteiger partial charge on any atom is 0.150 e. The summed E-state index contributed by atoms with van der Waals surface area (Å²) < 4.78 is 5.51. The molecule has 1 rings (SSSR count). The molecule has 0 aromatic heterocycles. The van der Waals surface area contributed by atoms with Gasteiger partial charge in [0.1, 0.15) is 18.6 Å². The smallest absolute Gasteiger partial charge is 0.150 e. The zero-order valence-corrected chi connectivity index (χ0v) is 9.19. The fourth-order valence-corrected chi connectivity index (χ4v) is 1.37. The van der Waals surface area contributed by atoms with Gasteiger partial charge in [0.2, 0.25) is 0 Å². The average molecular weight is 204 g/mol. The first-order chi connectivity index (χ1) is 7.19. The Bertz CT molecular complexity index is 354. The van der Waals surface area contributed by atoms with E-state index in [1.807, 2.05) is 12.1 Å². The molecular formula is C13H16O2. The minimum Gasteiger partial charge on any atom is -0.489 e. The van der Waals surface area contributed by atoms with Gasteiger partial charge in [-0.2, -0.15) is 0 Å². The molecule has 15 heavy (non-hydrogen) atoms. The summed E-state index contributed by atoms with van der Waals surface area (Å²) in [5.41, 5.74) is 1.74. The van der Waals surface area contributed by atoms with Crippen molar-refractivity contribution in [3.63, 3.8) is 0 Å². The number of rotatable bonds is 5. The number of carbonyl (C=O) groups excluding carboxylic acids is 1. The highest BCUT2D eigenvalue weighted by atomic mass is 16.5. The van der Waals surface area contributed by atoms with Gasteiger partial charge in [-0.1, -0.05) is 26.5 Å². The van der Waals surface area contributed by atoms with Crippen LogP contribution in [-0.4, -0.2) is 12.9 Å². The van der Waals surface area contributed by atoms with Gasteiger partial charge in [0.15, 0.2) is 0 Å². The van der Waals surface area contributed by atoms with Gasteiger partial charge >= 0.3 is 0 Å². The highest BCUT2D eigenvalue weighted by molar-refractivity contribution is 5.75. The van der Waals surface area contributed by atoms with Crippen LogP contribution in [-0.2, 0) is 0 Å². The molecule has 80 valence electrons. The summed E-state index contributed by atoms with van der Waals surface area (Å²) in [5.74, 6) is 1.17. The molecule has 0 aliphatic rings. The van der Waals surface area contributed by atoms with Crippen molar-refractivity contribution in [2.24, 2.45) is 0 Å². The van der Waals surface area contributed by atoms with Gasteiger partial charge in [0.25, 0.3) is 0 Å². The van der Waals surface area contributed by atoms with E-state index in [9.17, 15) is 4.79 Å². The summed E-state index contributed by atoms with van der Waals surface area (Å²) >= 11 is 0. The summed E-state index contributed by atoms with van der Waals surface area (Å²) in [6.45, 7) is 8.24. The van der Waals surface area contributed by atoms with E-state index in [-0.39, 0.29) is 0 Å². The maximum absolute atomic E-state index is 10.6. The van der Waals surface area contributed by atoms with Crippen LogP contribution in [0.25, 0.3) is 0 Å². The quantitative estimate of drug-likeness (QED) is 0.544. The lowest BCUT2D eigenvalue weighted by Gasteiger charge is -2.13. The van der Waals surface area contributed by atoms with Crippen LogP contribution in [0.5, 0.6) is 5.75 Å². The van der Waals surface area contributed by atoms with Crippen molar-refractivity contribution in [2.75, 3.05) is 6.61 Å². The third-order valence-corrected chi connectivity index (χ3v) is 2.15. The molecule has 0 heterocycles. The standard InChI is InChI=1S/C13H16O2/c1-4-7-15-13-6-5-11(9-14)8-12(13)10(2)3/h4-6,8-10H,1,7H2,2-3H3. The van der Waals surface area contributed by atoms with Gasteiger partial charge < -0.3 is 4.74 Å². The molecular weight excluding hydrogens is 188 g/mol. The molecule has 0 atom stereocenters. The molecule has 0 aliphatic carbocycles. The van der Waals surface area contributed by atoms with Crippen molar-refractivity contribution in [2.45, 2.75) is 19.8 Å². The monoisotopic (exact) mass is 204 g/mol. The third kappa shape index (κ3) is 2.94. The van der Waals surface area contributed by atoms with Crippen LogP contribution in [0.15, 0.2) is 30.9 Å². The molecule has 2 nitrogen and oxygen atoms in total. The van der Waals surface area contributed by atoms with Gasteiger partial charge in [0.05, 0.1) is 0 Å². The Morgan fingerprint density at radius 3 is 2.73 bits per heavy atom. The lowest BCUT2D eigenvalue weighted by molar-refractivity contribution is 0.112. The largest absolute Gasteiger partial charge is 0.489 e. The number of ether oxygens (including phenoxy) is 1. The number of benzene rings is 1. The van der Waals surface area contributed by atoms with Crippen LogP contribution >= 0.6 is 0 Å². The normalized spacial score (nSPS) is 10.1. The van der Waals surface area contributed by atoms with Crippen molar-refractivity contribution in [1.29, 1.82) is 0 Å². The summed E-state index contributed by atoms with van der Waals surface area (Å²) in [5, 5.41) is 0. The van der Waals surface area contributed by atoms with E-state index in [1.54, 1.807) is 12.1 Å². The van der Waals surface area contributed by atoms with Crippen LogP contribution < -0.4 is 4.74 Å². The topological polar surface area (TPSA) is 26.3 Å². The minimum atomic E-state index is 0.338. The maximum atomic E-state index is 10.6. The van der Waals surface area contributed by atoms with Crippen LogP contribution in [0.3, 0.4) is 0 Å². The summed E-state index contributed by atoms with van der Waals surface area (Å²) in [7, 11) is 0. The Labute approximate surface area is 90.6 Å². The molecule has 0 fully saturated rings. The van der Waals surface area contributed by atoms with E-state index >= 15 is 0 Å². The molecule has 0 unspecified atom stereocenters. The lowest BCUT2D eigenvalue weighted by Crippen LogP contribution is -1.99. The minimum absolute atomic E-state index is 0.338. The van der Waals surface area contributed by atoms with Crippen LogP contribution in [0.2, 0.25) is 0 Å². The van der Waals surface area contributed by atoms with E-state index < -0.39 is 0 Å². The number of hydrogen-bond acceptors (Lipinski definition) is 2. The second-order valence-corrected chi connectivity index (χ2v) is 3.67. The first kappa shape index (κ1) is 11.5. The summed E-state index contributed by atoms with van der Waals surface area (Å²) in [4.78, 5) is 10.6. The highest BCUT2D eigenvalue weighted by Crippen LogP contribution is 2.27. The molecule has 1 aromatic rings. The Morgan fingerprint density at radius 2 is 2.20 bits per heavy atom. The first-order valence-corrected chi connectivity index (χ1v) is 5.02. The van der Waals surface area contributed by atoms with E-state index in [1.165, 1.54) is 0 Å². The SMILES string of the molecule is C=CCOc1ccc(C=O)cc1C(C)C. The van der Waals surface area contributed by atoms with E-state index in [2.05, 4.69) is 20.4 Å². The summed E-state index contributed by atoms with van der Waals surface area (Å²) in [6.07, 6.45) is 2.56. The molecule has 0 spiro atoms. The van der Waals surface area contributed by atoms with Crippen molar-refractivity contribution in [3.05, 3.63) is 42.0 Å². The molecule has 0 saturated heterocycles. The number of carbonyl (C=O) groups is 1. The molecule has 0 bridgehead atoms. The van der Waals surface area contributed by atoms with Crippen molar-refractivity contribution in [1.82, 2.24) is 0 Å². The Balaban J connectivity index is 3.03. The van der Waals surface area contributed by atoms with Crippen molar-refractivity contribution >= 4 is 6.29 Å². The molecule has 0 saturated carbocycles. The lowest BCUT2D eigenvalue weighted by atomic mass is 10.00. The van der Waals surface area contributed by atoms with Crippen LogP contribution in [0, 0.1) is 0 Å². The fraction of sp³-hybridized carbons (Fsp3) is 0.308. The third-order valence-electron chi connectivity index (χ3n) is 2.15. The molecule has 0 N–H and O–H groups in total. The zero-order chi connectivity index (χ0) is 11.3. The van der Waals surface area contributed by atoms with Crippen molar-refractivity contribution < 1.29 is 9.53 Å². The van der Waals surface area contributed by atoms with E-state index in [4.69, 9.17) is 4.74 Å². The summed E-state index contributed by atoms with van der Waals surface area (Å²) in [6, 6.07) is 5.47. The molecule has 2 heteroatoms. The first-order valence-electron chi connectivity index (χ1n) is 5.02. The van der Waals surface area contributed by atoms with Gasteiger partial charge in [0, 0.05) is 5.56 Å². The van der Waals surface area contributed by atoms with Gasteiger partial charge in [-0.05, 0) is 29.7 Å². The second kappa shape index (κ2) is 5.35. The Morgan fingerprint density at radius 1 is 1.47 bits per heavy atom. The van der Waals surface area contributed by atoms with Gasteiger partial charge in [-0.15, -0.1) is 0 Å². The fourth-order valence-electron chi connectivity index (χ4n) is 1.37. The molecule has 0 amide bonds. The molecule has 0 radical (unpaired) electrons. The Kier molecular flexibility index (Phi) is 4.10. The van der Waals surface area contributed by atoms with Crippen molar-refractivity contribution in [3.8, 4) is 5.75 Å². The van der Waals surface area contributed by atoms with Gasteiger partial charge in [-0.3, -0.25) is 4.79 Å². The molecule has 0 aliphatic heterocycles.